The number of anilines is 1. The van der Waals surface area contributed by atoms with Gasteiger partial charge in [-0.25, -0.2) is 0 Å². The Morgan fingerprint density at radius 2 is 1.67 bits per heavy atom. The SMILES string of the molecule is Nc1c2c(cc(=O)n1-c1ccc(Oc3cccc(Cl)c3)cc1)C(=O)NC2=O. The van der Waals surface area contributed by atoms with E-state index < -0.39 is 17.4 Å². The van der Waals surface area contributed by atoms with Gasteiger partial charge < -0.3 is 10.5 Å². The number of amides is 2. The molecule has 1 aliphatic heterocycles. The molecule has 0 unspecified atom stereocenters. The molecule has 3 aromatic rings. The van der Waals surface area contributed by atoms with Gasteiger partial charge in [-0.05, 0) is 42.5 Å². The van der Waals surface area contributed by atoms with Gasteiger partial charge in [0.2, 0.25) is 0 Å². The number of benzene rings is 2. The summed E-state index contributed by atoms with van der Waals surface area (Å²) in [7, 11) is 0. The minimum Gasteiger partial charge on any atom is -0.457 e. The van der Waals surface area contributed by atoms with Crippen molar-refractivity contribution in [2.75, 3.05) is 5.73 Å². The number of carbonyl (C=O) groups is 2. The van der Waals surface area contributed by atoms with Crippen molar-refractivity contribution in [2.45, 2.75) is 0 Å². The summed E-state index contributed by atoms with van der Waals surface area (Å²) in [6, 6.07) is 14.6. The largest absolute Gasteiger partial charge is 0.457 e. The summed E-state index contributed by atoms with van der Waals surface area (Å²) >= 11 is 5.93. The van der Waals surface area contributed by atoms with E-state index in [-0.39, 0.29) is 16.9 Å². The van der Waals surface area contributed by atoms with Gasteiger partial charge in [0.1, 0.15) is 17.3 Å². The number of imide groups is 1. The predicted molar refractivity (Wildman–Crippen MR) is 99.8 cm³/mol. The zero-order valence-corrected chi connectivity index (χ0v) is 14.5. The number of hydrogen-bond acceptors (Lipinski definition) is 5. The van der Waals surface area contributed by atoms with Crippen molar-refractivity contribution in [2.24, 2.45) is 0 Å². The predicted octanol–water partition coefficient (Wildman–Crippen LogP) is 2.75. The second-order valence-electron chi connectivity index (χ2n) is 5.83. The molecule has 4 rings (SSSR count). The van der Waals surface area contributed by atoms with Crippen molar-refractivity contribution in [3.8, 4) is 17.2 Å². The highest BCUT2D eigenvalue weighted by molar-refractivity contribution is 6.30. The highest BCUT2D eigenvalue weighted by Crippen LogP contribution is 2.27. The molecule has 27 heavy (non-hydrogen) atoms. The zero-order valence-electron chi connectivity index (χ0n) is 13.7. The number of halogens is 1. The molecule has 2 aromatic carbocycles. The maximum Gasteiger partial charge on any atom is 0.262 e. The molecule has 134 valence electrons. The lowest BCUT2D eigenvalue weighted by Crippen LogP contribution is -2.24. The molecular formula is C19H12ClN3O4. The molecule has 0 fully saturated rings. The lowest BCUT2D eigenvalue weighted by atomic mass is 10.1. The average molecular weight is 382 g/mol. The quantitative estimate of drug-likeness (QED) is 0.679. The summed E-state index contributed by atoms with van der Waals surface area (Å²) in [4.78, 5) is 36.0. The van der Waals surface area contributed by atoms with Crippen LogP contribution >= 0.6 is 11.6 Å². The number of rotatable bonds is 3. The molecule has 0 bridgehead atoms. The number of aromatic nitrogens is 1. The van der Waals surface area contributed by atoms with Crippen LogP contribution in [0.1, 0.15) is 20.7 Å². The van der Waals surface area contributed by atoms with Crippen LogP contribution in [0.5, 0.6) is 11.5 Å². The van der Waals surface area contributed by atoms with Crippen molar-refractivity contribution in [3.05, 3.63) is 81.1 Å². The first kappa shape index (κ1) is 16.9. The third-order valence-corrected chi connectivity index (χ3v) is 4.32. The summed E-state index contributed by atoms with van der Waals surface area (Å²) in [5.41, 5.74) is 5.91. The Hall–Kier alpha value is -3.58. The number of pyridine rings is 1. The Bertz CT molecular complexity index is 1150. The van der Waals surface area contributed by atoms with Crippen molar-refractivity contribution in [1.82, 2.24) is 9.88 Å². The Labute approximate surface area is 157 Å². The average Bonchev–Trinajstić information content (AvgIpc) is 2.90. The van der Waals surface area contributed by atoms with Crippen molar-refractivity contribution < 1.29 is 14.3 Å². The second-order valence-corrected chi connectivity index (χ2v) is 6.26. The molecule has 1 aromatic heterocycles. The second kappa shape index (κ2) is 6.30. The fourth-order valence-electron chi connectivity index (χ4n) is 2.88. The first-order valence-corrected chi connectivity index (χ1v) is 8.27. The van der Waals surface area contributed by atoms with Crippen LogP contribution in [0.3, 0.4) is 0 Å². The van der Waals surface area contributed by atoms with Gasteiger partial charge in [-0.2, -0.15) is 0 Å². The van der Waals surface area contributed by atoms with E-state index in [1.54, 1.807) is 48.5 Å². The summed E-state index contributed by atoms with van der Waals surface area (Å²) in [6.45, 7) is 0. The summed E-state index contributed by atoms with van der Waals surface area (Å²) in [5, 5.41) is 2.68. The third-order valence-electron chi connectivity index (χ3n) is 4.08. The number of nitrogens with one attached hydrogen (secondary N) is 1. The highest BCUT2D eigenvalue weighted by Gasteiger charge is 2.31. The van der Waals surface area contributed by atoms with E-state index in [1.165, 1.54) is 4.57 Å². The molecule has 2 heterocycles. The molecule has 1 aliphatic rings. The maximum atomic E-state index is 12.4. The Morgan fingerprint density at radius 1 is 0.926 bits per heavy atom. The number of carbonyl (C=O) groups excluding carboxylic acids is 2. The fraction of sp³-hybridized carbons (Fsp3) is 0. The Kier molecular flexibility index (Phi) is 3.93. The third kappa shape index (κ3) is 2.94. The molecule has 0 aliphatic carbocycles. The molecule has 3 N–H and O–H groups in total. The molecule has 0 spiro atoms. The van der Waals surface area contributed by atoms with E-state index in [2.05, 4.69) is 5.32 Å². The van der Waals surface area contributed by atoms with E-state index in [4.69, 9.17) is 22.1 Å². The van der Waals surface area contributed by atoms with Gasteiger partial charge in [-0.15, -0.1) is 0 Å². The molecule has 0 radical (unpaired) electrons. The summed E-state index contributed by atoms with van der Waals surface area (Å²) in [5.74, 6) is -0.246. The van der Waals surface area contributed by atoms with Crippen LogP contribution in [0, 0.1) is 0 Å². The molecule has 0 atom stereocenters. The zero-order chi connectivity index (χ0) is 19.1. The minimum absolute atomic E-state index is 0.00106. The topological polar surface area (TPSA) is 103 Å². The van der Waals surface area contributed by atoms with Crippen molar-refractivity contribution >= 4 is 29.2 Å². The van der Waals surface area contributed by atoms with Gasteiger partial charge >= 0.3 is 0 Å². The number of hydrogen-bond donors (Lipinski definition) is 2. The van der Waals surface area contributed by atoms with Gasteiger partial charge in [0.05, 0.1) is 16.8 Å². The fourth-order valence-corrected chi connectivity index (χ4v) is 3.06. The van der Waals surface area contributed by atoms with Gasteiger partial charge in [-0.1, -0.05) is 17.7 Å². The van der Waals surface area contributed by atoms with Crippen LogP contribution in [-0.2, 0) is 0 Å². The lowest BCUT2D eigenvalue weighted by molar-refractivity contribution is 0.0880. The standard InChI is InChI=1S/C19H12ClN3O4/c20-10-2-1-3-13(8-10)27-12-6-4-11(5-7-12)23-15(24)9-14-16(17(23)21)19(26)22-18(14)25/h1-9H,21H2,(H,22,25,26). The normalized spacial score (nSPS) is 12.6. The molecule has 0 saturated carbocycles. The lowest BCUT2D eigenvalue weighted by Gasteiger charge is -2.12. The van der Waals surface area contributed by atoms with E-state index >= 15 is 0 Å². The first-order valence-electron chi connectivity index (χ1n) is 7.89. The monoisotopic (exact) mass is 381 g/mol. The summed E-state index contributed by atoms with van der Waals surface area (Å²) in [6.07, 6.45) is 0. The summed E-state index contributed by atoms with van der Waals surface area (Å²) < 4.78 is 6.87. The highest BCUT2D eigenvalue weighted by atomic mass is 35.5. The van der Waals surface area contributed by atoms with Gasteiger partial charge in [0.25, 0.3) is 17.4 Å². The molecule has 0 saturated heterocycles. The van der Waals surface area contributed by atoms with Gasteiger partial charge in [0.15, 0.2) is 0 Å². The van der Waals surface area contributed by atoms with Crippen LogP contribution in [0.4, 0.5) is 5.82 Å². The van der Waals surface area contributed by atoms with Crippen LogP contribution in [0.15, 0.2) is 59.4 Å². The van der Waals surface area contributed by atoms with Crippen molar-refractivity contribution in [3.63, 3.8) is 0 Å². The molecule has 8 heteroatoms. The number of fused-ring (bicyclic) bond motifs is 1. The maximum absolute atomic E-state index is 12.4. The number of ether oxygens (including phenoxy) is 1. The Balaban J connectivity index is 1.71. The van der Waals surface area contributed by atoms with E-state index in [0.717, 1.165) is 6.07 Å². The molecule has 7 nitrogen and oxygen atoms in total. The number of nitrogens with zero attached hydrogens (tertiary/aromatic N) is 1. The number of nitrogen functional groups attached to an aromatic ring is 1. The van der Waals surface area contributed by atoms with Gasteiger partial charge in [0, 0.05) is 11.1 Å². The van der Waals surface area contributed by atoms with Crippen LogP contribution in [0.25, 0.3) is 5.69 Å². The Morgan fingerprint density at radius 3 is 2.37 bits per heavy atom. The van der Waals surface area contributed by atoms with E-state index in [1.807, 2.05) is 0 Å². The smallest absolute Gasteiger partial charge is 0.262 e. The van der Waals surface area contributed by atoms with Crippen molar-refractivity contribution in [1.29, 1.82) is 0 Å². The molecular weight excluding hydrogens is 370 g/mol. The number of nitrogens with two attached hydrogens (primary N) is 1. The first-order chi connectivity index (χ1) is 12.9. The van der Waals surface area contributed by atoms with Crippen LogP contribution in [0.2, 0.25) is 5.02 Å². The minimum atomic E-state index is -0.629. The van der Waals surface area contributed by atoms with E-state index in [0.29, 0.717) is 22.2 Å². The van der Waals surface area contributed by atoms with E-state index in [9.17, 15) is 14.4 Å². The van der Waals surface area contributed by atoms with Gasteiger partial charge in [-0.3, -0.25) is 24.3 Å². The van der Waals surface area contributed by atoms with Crippen LogP contribution < -0.4 is 21.3 Å². The molecule has 2 amide bonds. The van der Waals surface area contributed by atoms with Crippen LogP contribution in [-0.4, -0.2) is 16.4 Å².